The van der Waals surface area contributed by atoms with Gasteiger partial charge in [-0.25, -0.2) is 0 Å². The molecule has 2 aromatic carbocycles. The summed E-state index contributed by atoms with van der Waals surface area (Å²) in [5.41, 5.74) is 3.88. The summed E-state index contributed by atoms with van der Waals surface area (Å²) in [6, 6.07) is 17.2. The molecular weight excluding hydrogens is 409 g/mol. The van der Waals surface area contributed by atoms with Gasteiger partial charge < -0.3 is 4.74 Å². The molecule has 0 aromatic heterocycles. The summed E-state index contributed by atoms with van der Waals surface area (Å²) in [4.78, 5) is 5.51. The van der Waals surface area contributed by atoms with Crippen molar-refractivity contribution in [2.45, 2.75) is 20.8 Å². The summed E-state index contributed by atoms with van der Waals surface area (Å²) in [6.45, 7) is 6.58. The Hall–Kier alpha value is -1.14. The summed E-state index contributed by atoms with van der Waals surface area (Å²) >= 11 is 7.62. The van der Waals surface area contributed by atoms with E-state index in [0.717, 1.165) is 5.75 Å². The topological polar surface area (TPSA) is 9.23 Å². The highest BCUT2D eigenvalue weighted by Crippen LogP contribution is 2.63. The molecule has 0 N–H and O–H groups in total. The first-order valence-corrected chi connectivity index (χ1v) is 11.9. The third-order valence-electron chi connectivity index (χ3n) is 4.35. The number of hydrogen-bond donors (Lipinski definition) is 0. The van der Waals surface area contributed by atoms with E-state index >= 15 is 0 Å². The number of allylic oxidation sites excluding steroid dienone is 2. The Bertz CT molecular complexity index is 966. The lowest BCUT2D eigenvalue weighted by Crippen LogP contribution is -1.83. The Labute approximate surface area is 178 Å². The van der Waals surface area contributed by atoms with E-state index < -0.39 is 0 Å². The molecule has 0 unspecified atom stereocenters. The minimum atomic E-state index is 0.899. The van der Waals surface area contributed by atoms with Gasteiger partial charge in [0.2, 0.25) is 0 Å². The molecule has 0 atom stereocenters. The predicted molar refractivity (Wildman–Crippen MR) is 127 cm³/mol. The summed E-state index contributed by atoms with van der Waals surface area (Å²) in [7, 11) is 1.71. The Morgan fingerprint density at radius 1 is 0.593 bits per heavy atom. The molecule has 2 aliphatic heterocycles. The molecule has 4 rings (SSSR count). The molecule has 0 fully saturated rings. The number of aryl methyl sites for hydroxylation is 1. The van der Waals surface area contributed by atoms with Gasteiger partial charge in [0.1, 0.15) is 5.75 Å². The normalized spacial score (nSPS) is 20.0. The molecule has 27 heavy (non-hydrogen) atoms. The van der Waals surface area contributed by atoms with E-state index in [-0.39, 0.29) is 0 Å². The second-order valence-electron chi connectivity index (χ2n) is 6.35. The molecule has 0 amide bonds. The van der Waals surface area contributed by atoms with Gasteiger partial charge in [0.25, 0.3) is 0 Å². The van der Waals surface area contributed by atoms with Gasteiger partial charge in [-0.15, -0.1) is 0 Å². The standard InChI is InChI=1S/C22H20OS4/c1-13-5-7-16(8-6-13)19-14(2)24-21(26-19)22-25-15(3)20(27-22)17-9-11-18(23-4)12-10-17/h5-12H,1-4H3/b22-21-. The van der Waals surface area contributed by atoms with Crippen LogP contribution in [-0.4, -0.2) is 7.11 Å². The second kappa shape index (κ2) is 8.08. The van der Waals surface area contributed by atoms with Crippen LogP contribution in [0.5, 0.6) is 5.75 Å². The van der Waals surface area contributed by atoms with Crippen LogP contribution in [0.15, 0.2) is 66.8 Å². The van der Waals surface area contributed by atoms with Crippen molar-refractivity contribution in [3.05, 3.63) is 83.5 Å². The molecule has 0 saturated carbocycles. The third kappa shape index (κ3) is 4.02. The fraction of sp³-hybridized carbons (Fsp3) is 0.182. The molecular formula is C22H20OS4. The van der Waals surface area contributed by atoms with Crippen LogP contribution >= 0.6 is 47.0 Å². The lowest BCUT2D eigenvalue weighted by molar-refractivity contribution is 0.415. The Kier molecular flexibility index (Phi) is 5.74. The third-order valence-corrected chi connectivity index (χ3v) is 10.2. The lowest BCUT2D eigenvalue weighted by atomic mass is 10.1. The molecule has 5 heteroatoms. The molecule has 0 saturated heterocycles. The van der Waals surface area contributed by atoms with Crippen LogP contribution < -0.4 is 4.74 Å². The van der Waals surface area contributed by atoms with Crippen molar-refractivity contribution in [3.63, 3.8) is 0 Å². The number of ether oxygens (including phenoxy) is 1. The number of rotatable bonds is 3. The smallest absolute Gasteiger partial charge is 0.118 e. The predicted octanol–water partition coefficient (Wildman–Crippen LogP) is 8.17. The summed E-state index contributed by atoms with van der Waals surface area (Å²) in [5, 5.41) is 0. The van der Waals surface area contributed by atoms with E-state index in [1.165, 1.54) is 44.8 Å². The van der Waals surface area contributed by atoms with Crippen molar-refractivity contribution in [1.82, 2.24) is 0 Å². The SMILES string of the molecule is COc1ccc(C2=C(C)S/C(=C3\SC(C)=C(c4ccc(C)cc4)S3)S2)cc1. The average molecular weight is 429 g/mol. The van der Waals surface area contributed by atoms with Crippen molar-refractivity contribution in [3.8, 4) is 5.75 Å². The van der Waals surface area contributed by atoms with E-state index in [0.29, 0.717) is 0 Å². The van der Waals surface area contributed by atoms with Gasteiger partial charge in [0.05, 0.1) is 15.6 Å². The number of hydrogen-bond acceptors (Lipinski definition) is 5. The van der Waals surface area contributed by atoms with Crippen molar-refractivity contribution < 1.29 is 4.74 Å². The van der Waals surface area contributed by atoms with E-state index in [1.54, 1.807) is 7.11 Å². The van der Waals surface area contributed by atoms with Gasteiger partial charge in [0.15, 0.2) is 0 Å². The summed E-state index contributed by atoms with van der Waals surface area (Å²) in [5.74, 6) is 0.899. The van der Waals surface area contributed by atoms with Gasteiger partial charge >= 0.3 is 0 Å². The quantitative estimate of drug-likeness (QED) is 0.486. The highest BCUT2D eigenvalue weighted by Gasteiger charge is 2.28. The fourth-order valence-corrected chi connectivity index (χ4v) is 8.44. The zero-order chi connectivity index (χ0) is 19.0. The van der Waals surface area contributed by atoms with Gasteiger partial charge in [-0.3, -0.25) is 0 Å². The molecule has 0 radical (unpaired) electrons. The van der Waals surface area contributed by atoms with Gasteiger partial charge in [-0.2, -0.15) is 0 Å². The van der Waals surface area contributed by atoms with Crippen molar-refractivity contribution in [2.24, 2.45) is 0 Å². The Morgan fingerprint density at radius 3 is 1.48 bits per heavy atom. The zero-order valence-corrected chi connectivity index (χ0v) is 18.9. The molecule has 2 aliphatic rings. The van der Waals surface area contributed by atoms with Crippen LogP contribution in [-0.2, 0) is 0 Å². The Balaban J connectivity index is 1.55. The second-order valence-corrected chi connectivity index (χ2v) is 11.4. The molecule has 0 spiro atoms. The van der Waals surface area contributed by atoms with Gasteiger partial charge in [-0.1, -0.05) is 89.0 Å². The molecule has 1 nitrogen and oxygen atoms in total. The first-order chi connectivity index (χ1) is 13.0. The first-order valence-electron chi connectivity index (χ1n) is 8.64. The molecule has 0 aliphatic carbocycles. The zero-order valence-electron chi connectivity index (χ0n) is 15.7. The summed E-state index contributed by atoms with van der Waals surface area (Å²) in [6.07, 6.45) is 0. The van der Waals surface area contributed by atoms with Crippen LogP contribution in [0.2, 0.25) is 0 Å². The maximum atomic E-state index is 5.28. The van der Waals surface area contributed by atoms with Crippen LogP contribution in [0, 0.1) is 6.92 Å². The highest BCUT2D eigenvalue weighted by atomic mass is 32.2. The molecule has 0 bridgehead atoms. The molecule has 138 valence electrons. The van der Waals surface area contributed by atoms with E-state index in [2.05, 4.69) is 57.2 Å². The first kappa shape index (κ1) is 19.2. The molecule has 2 aromatic rings. The van der Waals surface area contributed by atoms with Gasteiger partial charge in [-0.05, 0) is 44.0 Å². The van der Waals surface area contributed by atoms with Gasteiger partial charge in [0, 0.05) is 19.6 Å². The lowest BCUT2D eigenvalue weighted by Gasteiger charge is -2.06. The largest absolute Gasteiger partial charge is 0.497 e. The van der Waals surface area contributed by atoms with Crippen LogP contribution in [0.3, 0.4) is 0 Å². The average Bonchev–Trinajstić information content (AvgIpc) is 3.25. The number of methoxy groups -OCH3 is 1. The highest BCUT2D eigenvalue weighted by molar-refractivity contribution is 8.37. The van der Waals surface area contributed by atoms with Crippen LogP contribution in [0.4, 0.5) is 0 Å². The maximum Gasteiger partial charge on any atom is 0.118 e. The Morgan fingerprint density at radius 2 is 1.04 bits per heavy atom. The van der Waals surface area contributed by atoms with E-state index in [4.69, 9.17) is 4.74 Å². The number of thioether (sulfide) groups is 4. The minimum absolute atomic E-state index is 0.899. The van der Waals surface area contributed by atoms with E-state index in [1.807, 2.05) is 59.2 Å². The molecule has 2 heterocycles. The van der Waals surface area contributed by atoms with Crippen molar-refractivity contribution >= 4 is 56.9 Å². The monoisotopic (exact) mass is 428 g/mol. The minimum Gasteiger partial charge on any atom is -0.497 e. The van der Waals surface area contributed by atoms with Crippen LogP contribution in [0.25, 0.3) is 9.81 Å². The van der Waals surface area contributed by atoms with Crippen LogP contribution in [0.1, 0.15) is 30.5 Å². The fourth-order valence-electron chi connectivity index (χ4n) is 2.88. The van der Waals surface area contributed by atoms with Crippen molar-refractivity contribution in [1.29, 1.82) is 0 Å². The van der Waals surface area contributed by atoms with Crippen molar-refractivity contribution in [2.75, 3.05) is 7.11 Å². The summed E-state index contributed by atoms with van der Waals surface area (Å²) < 4.78 is 8.09. The maximum absolute atomic E-state index is 5.28. The van der Waals surface area contributed by atoms with E-state index in [9.17, 15) is 0 Å². The number of benzene rings is 2.